The van der Waals surface area contributed by atoms with Gasteiger partial charge in [-0.25, -0.2) is 4.98 Å². The zero-order chi connectivity index (χ0) is 34.4. The predicted octanol–water partition coefficient (Wildman–Crippen LogP) is 7.66. The van der Waals surface area contributed by atoms with Gasteiger partial charge in [-0.3, -0.25) is 4.98 Å². The molecule has 0 saturated heterocycles. The van der Waals surface area contributed by atoms with E-state index in [0.717, 1.165) is 64.5 Å². The molecular weight excluding hydrogens is 635 g/mol. The fourth-order valence-electron chi connectivity index (χ4n) is 6.12. The number of hydrogen-bond donors (Lipinski definition) is 2. The molecule has 5 rings (SSSR count). The minimum absolute atomic E-state index is 0.00380. The number of rotatable bonds is 16. The Kier molecular flexibility index (Phi) is 11.9. The largest absolute Gasteiger partial charge is 0.396 e. The topological polar surface area (TPSA) is 105 Å². The Bertz CT molecular complexity index is 1570. The molecule has 1 aliphatic carbocycles. The molecule has 1 aliphatic rings. The third kappa shape index (κ3) is 9.83. The molecule has 0 atom stereocenters. The summed E-state index contributed by atoms with van der Waals surface area (Å²) < 4.78 is 14.6. The van der Waals surface area contributed by atoms with Gasteiger partial charge in [-0.1, -0.05) is 75.7 Å². The van der Waals surface area contributed by atoms with Crippen molar-refractivity contribution in [2.75, 3.05) is 38.2 Å². The predicted molar refractivity (Wildman–Crippen MR) is 200 cm³/mol. The van der Waals surface area contributed by atoms with Gasteiger partial charge >= 0.3 is 0 Å². The van der Waals surface area contributed by atoms with E-state index in [9.17, 15) is 10.2 Å². The zero-order valence-electron chi connectivity index (χ0n) is 29.8. The van der Waals surface area contributed by atoms with Gasteiger partial charge in [0, 0.05) is 76.5 Å². The highest BCUT2D eigenvalue weighted by molar-refractivity contribution is 6.76. The van der Waals surface area contributed by atoms with Crippen LogP contribution in [0.1, 0.15) is 43.7 Å². The first kappa shape index (κ1) is 36.3. The molecular formula is C37H55N5O4Si2. The summed E-state index contributed by atoms with van der Waals surface area (Å²) in [5.74, 6) is 1.06. The Balaban J connectivity index is 1.51. The highest BCUT2D eigenvalue weighted by Crippen LogP contribution is 2.40. The van der Waals surface area contributed by atoms with Crippen molar-refractivity contribution in [2.24, 2.45) is 0 Å². The van der Waals surface area contributed by atoms with Gasteiger partial charge in [0.1, 0.15) is 19.3 Å². The molecule has 48 heavy (non-hydrogen) atoms. The fraction of sp³-hybridized carbons (Fsp3) is 0.541. The van der Waals surface area contributed by atoms with Gasteiger partial charge in [-0.2, -0.15) is 9.61 Å². The quantitative estimate of drug-likeness (QED) is 0.0702. The third-order valence-electron chi connectivity index (χ3n) is 9.34. The molecule has 0 amide bonds. The van der Waals surface area contributed by atoms with Gasteiger partial charge in [0.15, 0.2) is 5.65 Å². The monoisotopic (exact) mass is 689 g/mol. The van der Waals surface area contributed by atoms with E-state index in [-0.39, 0.29) is 12.5 Å². The van der Waals surface area contributed by atoms with Gasteiger partial charge in [0.05, 0.1) is 17.5 Å². The van der Waals surface area contributed by atoms with Crippen LogP contribution < -0.4 is 4.90 Å². The first-order valence-corrected chi connectivity index (χ1v) is 24.9. The maximum absolute atomic E-state index is 11.0. The average molecular weight is 690 g/mol. The summed E-state index contributed by atoms with van der Waals surface area (Å²) in [4.78, 5) is 12.2. The van der Waals surface area contributed by atoms with Crippen molar-refractivity contribution in [1.82, 2.24) is 19.6 Å². The van der Waals surface area contributed by atoms with Crippen molar-refractivity contribution in [2.45, 2.75) is 95.0 Å². The molecule has 2 N–H and O–H groups in total. The van der Waals surface area contributed by atoms with Crippen molar-refractivity contribution in [3.8, 4) is 22.4 Å². The van der Waals surface area contributed by atoms with Crippen molar-refractivity contribution in [3.63, 3.8) is 0 Å². The lowest BCUT2D eigenvalue weighted by molar-refractivity contribution is -0.0205. The number of aliphatic hydroxyl groups is 2. The molecule has 0 bridgehead atoms. The molecule has 1 aromatic carbocycles. The Hall–Kier alpha value is -2.94. The first-order chi connectivity index (χ1) is 22.8. The maximum Gasteiger partial charge on any atom is 0.165 e. The summed E-state index contributed by atoms with van der Waals surface area (Å²) >= 11 is 0. The number of ether oxygens (including phenoxy) is 2. The number of anilines is 1. The smallest absolute Gasteiger partial charge is 0.165 e. The summed E-state index contributed by atoms with van der Waals surface area (Å²) in [6.45, 7) is 16.4. The molecule has 9 nitrogen and oxygen atoms in total. The standard InChI is InChI=1S/C37H55N5O4Si2/c1-47(2,3)22-20-45-27-41(28-46-21-23-48(4,5)6)35-24-34(30-14-16-37(44,17-15-30)18-19-43)40-36-32(26-39-42(35)36)31-12-13-33(38-25-31)29-10-8-7-9-11-29/h7-13,24-26,30,43-44H,14-23,27-28H2,1-6H3. The van der Waals surface area contributed by atoms with Gasteiger partial charge < -0.3 is 24.6 Å². The van der Waals surface area contributed by atoms with Crippen molar-refractivity contribution >= 4 is 27.6 Å². The number of nitrogens with zero attached hydrogens (tertiary/aromatic N) is 5. The lowest BCUT2D eigenvalue weighted by Gasteiger charge is -2.36. The van der Waals surface area contributed by atoms with Gasteiger partial charge in [-0.05, 0) is 50.3 Å². The van der Waals surface area contributed by atoms with Crippen molar-refractivity contribution in [3.05, 3.63) is 66.6 Å². The second-order valence-corrected chi connectivity index (χ2v) is 27.1. The van der Waals surface area contributed by atoms with E-state index < -0.39 is 21.7 Å². The van der Waals surface area contributed by atoms with Crippen LogP contribution in [0, 0.1) is 0 Å². The van der Waals surface area contributed by atoms with Crippen LogP contribution in [-0.2, 0) is 9.47 Å². The lowest BCUT2D eigenvalue weighted by atomic mass is 9.76. The molecule has 3 aromatic heterocycles. The minimum Gasteiger partial charge on any atom is -0.396 e. The fourth-order valence-corrected chi connectivity index (χ4v) is 7.63. The van der Waals surface area contributed by atoms with E-state index in [1.807, 2.05) is 41.2 Å². The van der Waals surface area contributed by atoms with Crippen LogP contribution in [0.3, 0.4) is 0 Å². The average Bonchev–Trinajstić information content (AvgIpc) is 3.48. The second-order valence-electron chi connectivity index (χ2n) is 15.8. The van der Waals surface area contributed by atoms with E-state index in [4.69, 9.17) is 24.5 Å². The number of benzene rings is 1. The highest BCUT2D eigenvalue weighted by atomic mass is 28.3. The van der Waals surface area contributed by atoms with Crippen molar-refractivity contribution in [1.29, 1.82) is 0 Å². The normalized spacial score (nSPS) is 18.8. The number of aliphatic hydroxyl groups excluding tert-OH is 1. The second kappa shape index (κ2) is 15.7. The summed E-state index contributed by atoms with van der Waals surface area (Å²) in [5, 5.41) is 25.5. The highest BCUT2D eigenvalue weighted by Gasteiger charge is 2.34. The van der Waals surface area contributed by atoms with Gasteiger partial charge in [0.2, 0.25) is 0 Å². The molecule has 0 spiro atoms. The Labute approximate surface area is 288 Å². The Morgan fingerprint density at radius 2 is 1.52 bits per heavy atom. The third-order valence-corrected chi connectivity index (χ3v) is 12.7. The van der Waals surface area contributed by atoms with Gasteiger partial charge in [0.25, 0.3) is 0 Å². The van der Waals surface area contributed by atoms with E-state index in [0.29, 0.717) is 45.9 Å². The maximum atomic E-state index is 11.0. The van der Waals surface area contributed by atoms with E-state index in [1.165, 1.54) is 0 Å². The number of pyridine rings is 1. The van der Waals surface area contributed by atoms with E-state index in [2.05, 4.69) is 68.4 Å². The molecule has 260 valence electrons. The Morgan fingerprint density at radius 3 is 2.08 bits per heavy atom. The van der Waals surface area contributed by atoms with Crippen LogP contribution in [0.5, 0.6) is 0 Å². The molecule has 1 fully saturated rings. The van der Waals surface area contributed by atoms with Crippen LogP contribution in [-0.4, -0.2) is 84.8 Å². The molecule has 0 aliphatic heterocycles. The van der Waals surface area contributed by atoms with Crippen molar-refractivity contribution < 1.29 is 19.7 Å². The Morgan fingerprint density at radius 1 is 0.875 bits per heavy atom. The van der Waals surface area contributed by atoms with Gasteiger partial charge in [-0.15, -0.1) is 0 Å². The van der Waals surface area contributed by atoms with E-state index in [1.54, 1.807) is 0 Å². The lowest BCUT2D eigenvalue weighted by Crippen LogP contribution is -2.35. The SMILES string of the molecule is C[Si](C)(C)CCOCN(COCC[Si](C)(C)C)c1cc(C2CCC(O)(CCO)CC2)nc2c(-c3ccc(-c4ccccc4)nc3)cnn12. The molecule has 3 heterocycles. The van der Waals surface area contributed by atoms with Crippen LogP contribution in [0.25, 0.3) is 28.0 Å². The first-order valence-electron chi connectivity index (χ1n) is 17.5. The number of fused-ring (bicyclic) bond motifs is 1. The minimum atomic E-state index is -1.25. The molecule has 0 unspecified atom stereocenters. The summed E-state index contributed by atoms with van der Waals surface area (Å²) in [7, 11) is -2.51. The zero-order valence-corrected chi connectivity index (χ0v) is 31.8. The van der Waals surface area contributed by atoms with Crippen LogP contribution in [0.4, 0.5) is 5.82 Å². The summed E-state index contributed by atoms with van der Waals surface area (Å²) in [6.07, 6.45) is 7.07. The van der Waals surface area contributed by atoms with E-state index >= 15 is 0 Å². The van der Waals surface area contributed by atoms with Crippen LogP contribution >= 0.6 is 0 Å². The summed E-state index contributed by atoms with van der Waals surface area (Å²) in [5.41, 5.74) is 4.79. The number of aromatic nitrogens is 4. The molecule has 1 saturated carbocycles. The molecule has 0 radical (unpaired) electrons. The van der Waals surface area contributed by atoms with Crippen LogP contribution in [0.15, 0.2) is 60.9 Å². The molecule has 11 heteroatoms. The summed E-state index contributed by atoms with van der Waals surface area (Å²) in [6, 6.07) is 18.6. The molecule has 4 aromatic rings. The van der Waals surface area contributed by atoms with Crippen LogP contribution in [0.2, 0.25) is 51.4 Å². The number of hydrogen-bond acceptors (Lipinski definition) is 8.